The molecule has 1 aromatic rings. The molecule has 0 saturated carbocycles. The van der Waals surface area contributed by atoms with E-state index in [1.165, 1.54) is 18.2 Å². The second kappa shape index (κ2) is 8.67. The summed E-state index contributed by atoms with van der Waals surface area (Å²) in [6.07, 6.45) is -3.57. The summed E-state index contributed by atoms with van der Waals surface area (Å²) in [5, 5.41) is 2.71. The highest BCUT2D eigenvalue weighted by atomic mass is 19.4. The zero-order chi connectivity index (χ0) is 18.4. The number of hydrogen-bond donors (Lipinski definition) is 1. The van der Waals surface area contributed by atoms with Gasteiger partial charge in [-0.1, -0.05) is 18.2 Å². The summed E-state index contributed by atoms with van der Waals surface area (Å²) in [6, 6.07) is 5.19. The highest BCUT2D eigenvalue weighted by Crippen LogP contribution is 2.31. The van der Waals surface area contributed by atoms with Crippen molar-refractivity contribution in [1.82, 2.24) is 10.2 Å². The molecule has 25 heavy (non-hydrogen) atoms. The van der Waals surface area contributed by atoms with Crippen molar-refractivity contribution in [2.24, 2.45) is 0 Å². The molecule has 2 atom stereocenters. The Morgan fingerprint density at radius 1 is 1.24 bits per heavy atom. The molecule has 1 aliphatic rings. The van der Waals surface area contributed by atoms with Gasteiger partial charge in [-0.2, -0.15) is 13.2 Å². The summed E-state index contributed by atoms with van der Waals surface area (Å²) >= 11 is 0. The average Bonchev–Trinajstić information content (AvgIpc) is 2.50. The van der Waals surface area contributed by atoms with Gasteiger partial charge < -0.3 is 10.1 Å². The lowest BCUT2D eigenvalue weighted by atomic mass is 10.0. The van der Waals surface area contributed by atoms with E-state index in [1.54, 1.807) is 0 Å². The van der Waals surface area contributed by atoms with Crippen LogP contribution in [0.4, 0.5) is 13.2 Å². The molecule has 0 radical (unpaired) electrons. The number of rotatable bonds is 6. The molecule has 0 spiro atoms. The van der Waals surface area contributed by atoms with Gasteiger partial charge in [0.25, 0.3) is 0 Å². The van der Waals surface area contributed by atoms with Crippen molar-refractivity contribution in [3.05, 3.63) is 35.4 Å². The molecule has 1 aliphatic heterocycles. The Morgan fingerprint density at radius 2 is 1.88 bits per heavy atom. The molecule has 1 aromatic carbocycles. The van der Waals surface area contributed by atoms with Crippen molar-refractivity contribution >= 4 is 5.91 Å². The molecular weight excluding hydrogens is 333 g/mol. The normalized spacial score (nSPS) is 22.0. The number of halogens is 3. The van der Waals surface area contributed by atoms with Crippen LogP contribution in [0.15, 0.2) is 24.3 Å². The quantitative estimate of drug-likeness (QED) is 0.795. The molecular formula is C18H25F3N2O2. The van der Waals surface area contributed by atoms with Gasteiger partial charge in [-0.05, 0) is 31.9 Å². The predicted octanol–water partition coefficient (Wildman–Crippen LogP) is 2.86. The van der Waals surface area contributed by atoms with E-state index in [0.717, 1.165) is 32.1 Å². The third-order valence-corrected chi connectivity index (χ3v) is 4.14. The van der Waals surface area contributed by atoms with Crippen LogP contribution in [0.25, 0.3) is 0 Å². The lowest BCUT2D eigenvalue weighted by Crippen LogP contribution is -2.46. The average molecular weight is 358 g/mol. The second-order valence-corrected chi connectivity index (χ2v) is 6.55. The molecule has 0 aromatic heterocycles. The molecule has 1 saturated heterocycles. The molecule has 1 N–H and O–H groups in total. The number of hydrogen-bond acceptors (Lipinski definition) is 3. The van der Waals surface area contributed by atoms with Crippen LogP contribution in [0.5, 0.6) is 0 Å². The van der Waals surface area contributed by atoms with Crippen LogP contribution in [0.2, 0.25) is 0 Å². The third kappa shape index (κ3) is 6.32. The van der Waals surface area contributed by atoms with Crippen molar-refractivity contribution in [2.45, 2.75) is 45.1 Å². The molecule has 0 unspecified atom stereocenters. The van der Waals surface area contributed by atoms with Crippen LogP contribution in [0, 0.1) is 0 Å². The molecule has 2 rings (SSSR count). The summed E-state index contributed by atoms with van der Waals surface area (Å²) in [5.41, 5.74) is -0.746. The van der Waals surface area contributed by atoms with Crippen molar-refractivity contribution in [2.75, 3.05) is 26.2 Å². The fraction of sp³-hybridized carbons (Fsp3) is 0.611. The van der Waals surface area contributed by atoms with Gasteiger partial charge >= 0.3 is 6.18 Å². The first kappa shape index (κ1) is 19.7. The highest BCUT2D eigenvalue weighted by Gasteiger charge is 2.33. The molecule has 1 amide bonds. The minimum absolute atomic E-state index is 0.00308. The van der Waals surface area contributed by atoms with Crippen LogP contribution in [-0.4, -0.2) is 49.2 Å². The summed E-state index contributed by atoms with van der Waals surface area (Å²) in [6.45, 7) is 7.06. The lowest BCUT2D eigenvalue weighted by molar-refractivity contribution is -0.138. The van der Waals surface area contributed by atoms with Gasteiger partial charge in [0.05, 0.1) is 24.2 Å². The summed E-state index contributed by atoms with van der Waals surface area (Å²) < 4.78 is 44.4. The molecule has 0 aliphatic carbocycles. The van der Waals surface area contributed by atoms with Crippen LogP contribution < -0.4 is 5.32 Å². The third-order valence-electron chi connectivity index (χ3n) is 4.14. The van der Waals surface area contributed by atoms with Crippen LogP contribution in [-0.2, 0) is 22.1 Å². The van der Waals surface area contributed by atoms with Crippen LogP contribution in [0.1, 0.15) is 31.4 Å². The zero-order valence-corrected chi connectivity index (χ0v) is 14.6. The van der Waals surface area contributed by atoms with Gasteiger partial charge in [0.15, 0.2) is 0 Å². The Bertz CT molecular complexity index is 568. The zero-order valence-electron chi connectivity index (χ0n) is 14.6. The van der Waals surface area contributed by atoms with E-state index < -0.39 is 11.7 Å². The van der Waals surface area contributed by atoms with E-state index >= 15 is 0 Å². The molecule has 7 heteroatoms. The first-order valence-corrected chi connectivity index (χ1v) is 8.55. The number of carbonyl (C=O) groups is 1. The van der Waals surface area contributed by atoms with Gasteiger partial charge in [-0.25, -0.2) is 0 Å². The second-order valence-electron chi connectivity index (χ2n) is 6.55. The standard InChI is InChI=1S/C18H25F3N2O2/c1-13-11-23(12-14(2)25-13)9-5-8-22-17(24)10-15-6-3-4-7-16(15)18(19,20)21/h3-4,6-7,13-14H,5,8-12H2,1-2H3,(H,22,24)/t13-,14+. The summed E-state index contributed by atoms with van der Waals surface area (Å²) in [7, 11) is 0. The number of carbonyl (C=O) groups excluding carboxylic acids is 1. The van der Waals surface area contributed by atoms with E-state index in [0.29, 0.717) is 6.54 Å². The fourth-order valence-electron chi connectivity index (χ4n) is 3.18. The first-order valence-electron chi connectivity index (χ1n) is 8.55. The summed E-state index contributed by atoms with van der Waals surface area (Å²) in [4.78, 5) is 14.2. The molecule has 1 fully saturated rings. The predicted molar refractivity (Wildman–Crippen MR) is 89.2 cm³/mol. The minimum Gasteiger partial charge on any atom is -0.373 e. The maximum Gasteiger partial charge on any atom is 0.416 e. The van der Waals surface area contributed by atoms with Crippen molar-refractivity contribution < 1.29 is 22.7 Å². The van der Waals surface area contributed by atoms with E-state index in [2.05, 4.69) is 10.2 Å². The van der Waals surface area contributed by atoms with Crippen molar-refractivity contribution in [1.29, 1.82) is 0 Å². The number of ether oxygens (including phenoxy) is 1. The number of benzene rings is 1. The number of nitrogens with one attached hydrogen (secondary N) is 1. The van der Waals surface area contributed by atoms with Crippen molar-refractivity contribution in [3.8, 4) is 0 Å². The molecule has 140 valence electrons. The van der Waals surface area contributed by atoms with E-state index in [9.17, 15) is 18.0 Å². The monoisotopic (exact) mass is 358 g/mol. The maximum atomic E-state index is 12.9. The van der Waals surface area contributed by atoms with Gasteiger partial charge in [0.2, 0.25) is 5.91 Å². The maximum absolute atomic E-state index is 12.9. The minimum atomic E-state index is -4.44. The van der Waals surface area contributed by atoms with Crippen LogP contribution >= 0.6 is 0 Å². The molecule has 0 bridgehead atoms. The number of alkyl halides is 3. The Hall–Kier alpha value is -1.60. The van der Waals surface area contributed by atoms with Crippen molar-refractivity contribution in [3.63, 3.8) is 0 Å². The number of morpholine rings is 1. The fourth-order valence-corrected chi connectivity index (χ4v) is 3.18. The Kier molecular flexibility index (Phi) is 6.84. The first-order chi connectivity index (χ1) is 11.8. The van der Waals surface area contributed by atoms with Gasteiger partial charge in [-0.15, -0.1) is 0 Å². The lowest BCUT2D eigenvalue weighted by Gasteiger charge is -2.35. The Morgan fingerprint density at radius 3 is 2.52 bits per heavy atom. The number of amides is 1. The van der Waals surface area contributed by atoms with E-state index in [1.807, 2.05) is 13.8 Å². The Balaban J connectivity index is 1.75. The largest absolute Gasteiger partial charge is 0.416 e. The van der Waals surface area contributed by atoms with Gasteiger partial charge in [-0.3, -0.25) is 9.69 Å². The number of nitrogens with zero attached hydrogens (tertiary/aromatic N) is 1. The molecule has 4 nitrogen and oxygen atoms in total. The van der Waals surface area contributed by atoms with Crippen LogP contribution in [0.3, 0.4) is 0 Å². The van der Waals surface area contributed by atoms with Gasteiger partial charge in [0, 0.05) is 26.2 Å². The smallest absolute Gasteiger partial charge is 0.373 e. The Labute approximate surface area is 146 Å². The molecule has 1 heterocycles. The summed E-state index contributed by atoms with van der Waals surface area (Å²) in [5.74, 6) is -0.389. The van der Waals surface area contributed by atoms with Gasteiger partial charge in [0.1, 0.15) is 0 Å². The van der Waals surface area contributed by atoms with E-state index in [-0.39, 0.29) is 30.1 Å². The van der Waals surface area contributed by atoms with E-state index in [4.69, 9.17) is 4.74 Å². The SMILES string of the molecule is C[C@@H]1CN(CCCNC(=O)Cc2ccccc2C(F)(F)F)C[C@H](C)O1. The highest BCUT2D eigenvalue weighted by molar-refractivity contribution is 5.78. The topological polar surface area (TPSA) is 41.6 Å².